The van der Waals surface area contributed by atoms with E-state index in [9.17, 15) is 4.79 Å². The Morgan fingerprint density at radius 1 is 1.73 bits per heavy atom. The van der Waals surface area contributed by atoms with Gasteiger partial charge in [0.1, 0.15) is 0 Å². The Morgan fingerprint density at radius 2 is 2.60 bits per heavy atom. The van der Waals surface area contributed by atoms with Crippen molar-refractivity contribution in [3.05, 3.63) is 16.6 Å². The number of carbonyl (C=O) groups is 1. The first kappa shape index (κ1) is 10.7. The zero-order valence-electron chi connectivity index (χ0n) is 8.43. The lowest BCUT2D eigenvalue weighted by molar-refractivity contribution is 0.0940. The van der Waals surface area contributed by atoms with Gasteiger partial charge in [-0.2, -0.15) is 0 Å². The van der Waals surface area contributed by atoms with Crippen LogP contribution in [0.1, 0.15) is 16.2 Å². The summed E-state index contributed by atoms with van der Waals surface area (Å²) < 4.78 is 0. The highest BCUT2D eigenvalue weighted by Gasteiger charge is 2.24. The van der Waals surface area contributed by atoms with Crippen LogP contribution < -0.4 is 0 Å². The minimum Gasteiger partial charge on any atom is -0.396 e. The first-order valence-electron chi connectivity index (χ1n) is 5.05. The number of aromatic nitrogens is 1. The molecule has 0 unspecified atom stereocenters. The highest BCUT2D eigenvalue weighted by atomic mass is 32.1. The molecule has 1 saturated heterocycles. The quantitative estimate of drug-likeness (QED) is 0.765. The Labute approximate surface area is 92.6 Å². The molecule has 1 aliphatic heterocycles. The SMILES string of the molecule is O=C(CN1CC[C@@H](CO)C1)c1nccs1. The summed E-state index contributed by atoms with van der Waals surface area (Å²) in [5.41, 5.74) is 0. The van der Waals surface area contributed by atoms with Gasteiger partial charge in [0.25, 0.3) is 0 Å². The summed E-state index contributed by atoms with van der Waals surface area (Å²) in [6, 6.07) is 0. The molecule has 82 valence electrons. The fourth-order valence-electron chi connectivity index (χ4n) is 1.84. The van der Waals surface area contributed by atoms with E-state index in [1.165, 1.54) is 11.3 Å². The third kappa shape index (κ3) is 2.62. The van der Waals surface area contributed by atoms with Crippen LogP contribution >= 0.6 is 11.3 Å². The molecule has 1 N–H and O–H groups in total. The molecule has 0 aromatic carbocycles. The second-order valence-electron chi connectivity index (χ2n) is 3.83. The summed E-state index contributed by atoms with van der Waals surface area (Å²) >= 11 is 1.38. The van der Waals surface area contributed by atoms with Gasteiger partial charge in [0.2, 0.25) is 5.78 Å². The van der Waals surface area contributed by atoms with Gasteiger partial charge in [-0.1, -0.05) is 0 Å². The molecule has 0 aliphatic carbocycles. The molecule has 0 radical (unpaired) electrons. The van der Waals surface area contributed by atoms with Crippen molar-refractivity contribution in [2.45, 2.75) is 6.42 Å². The van der Waals surface area contributed by atoms with Crippen molar-refractivity contribution in [2.24, 2.45) is 5.92 Å². The van der Waals surface area contributed by atoms with Gasteiger partial charge in [0.05, 0.1) is 6.54 Å². The highest BCUT2D eigenvalue weighted by Crippen LogP contribution is 2.16. The lowest BCUT2D eigenvalue weighted by Gasteiger charge is -2.13. The molecule has 0 amide bonds. The largest absolute Gasteiger partial charge is 0.396 e. The number of aliphatic hydroxyl groups excluding tert-OH is 1. The predicted molar refractivity (Wildman–Crippen MR) is 58.1 cm³/mol. The number of aliphatic hydroxyl groups is 1. The molecular formula is C10H14N2O2S. The van der Waals surface area contributed by atoms with E-state index in [1.807, 2.05) is 5.38 Å². The maximum absolute atomic E-state index is 11.7. The van der Waals surface area contributed by atoms with E-state index in [0.29, 0.717) is 17.5 Å². The minimum absolute atomic E-state index is 0.0867. The van der Waals surface area contributed by atoms with Crippen LogP contribution in [-0.4, -0.2) is 47.0 Å². The van der Waals surface area contributed by atoms with Crippen molar-refractivity contribution in [3.63, 3.8) is 0 Å². The molecule has 1 aromatic rings. The topological polar surface area (TPSA) is 53.4 Å². The number of carbonyl (C=O) groups excluding carboxylic acids is 1. The van der Waals surface area contributed by atoms with E-state index < -0.39 is 0 Å². The summed E-state index contributed by atoms with van der Waals surface area (Å²) in [6.07, 6.45) is 2.64. The van der Waals surface area contributed by atoms with E-state index in [1.54, 1.807) is 6.20 Å². The van der Waals surface area contributed by atoms with Crippen LogP contribution in [0, 0.1) is 5.92 Å². The normalized spacial score (nSPS) is 22.1. The monoisotopic (exact) mass is 226 g/mol. The zero-order chi connectivity index (χ0) is 10.7. The van der Waals surface area contributed by atoms with Crippen LogP contribution in [0.2, 0.25) is 0 Å². The molecule has 15 heavy (non-hydrogen) atoms. The van der Waals surface area contributed by atoms with Crippen molar-refractivity contribution >= 4 is 17.1 Å². The first-order valence-corrected chi connectivity index (χ1v) is 5.93. The zero-order valence-corrected chi connectivity index (χ0v) is 9.24. The first-order chi connectivity index (χ1) is 7.29. The van der Waals surface area contributed by atoms with Gasteiger partial charge in [0.15, 0.2) is 5.01 Å². The lowest BCUT2D eigenvalue weighted by atomic mass is 10.1. The Morgan fingerprint density at radius 3 is 3.20 bits per heavy atom. The van der Waals surface area contributed by atoms with Gasteiger partial charge in [-0.25, -0.2) is 4.98 Å². The van der Waals surface area contributed by atoms with E-state index in [4.69, 9.17) is 5.11 Å². The van der Waals surface area contributed by atoms with Crippen molar-refractivity contribution in [1.29, 1.82) is 0 Å². The van der Waals surface area contributed by atoms with Crippen LogP contribution in [-0.2, 0) is 0 Å². The molecule has 5 heteroatoms. The highest BCUT2D eigenvalue weighted by molar-refractivity contribution is 7.11. The molecule has 4 nitrogen and oxygen atoms in total. The van der Waals surface area contributed by atoms with Crippen molar-refractivity contribution in [1.82, 2.24) is 9.88 Å². The van der Waals surface area contributed by atoms with Crippen molar-refractivity contribution < 1.29 is 9.90 Å². The van der Waals surface area contributed by atoms with E-state index in [0.717, 1.165) is 19.5 Å². The predicted octanol–water partition coefficient (Wildman–Crippen LogP) is 0.640. The fourth-order valence-corrected chi connectivity index (χ4v) is 2.41. The van der Waals surface area contributed by atoms with Crippen LogP contribution in [0.4, 0.5) is 0 Å². The number of likely N-dealkylation sites (tertiary alicyclic amines) is 1. The Hall–Kier alpha value is -0.780. The van der Waals surface area contributed by atoms with E-state index >= 15 is 0 Å². The summed E-state index contributed by atoms with van der Waals surface area (Å²) in [4.78, 5) is 17.8. The van der Waals surface area contributed by atoms with Gasteiger partial charge in [-0.05, 0) is 18.9 Å². The molecule has 0 spiro atoms. The standard InChI is InChI=1S/C10H14N2O2S/c13-7-8-1-3-12(5-8)6-9(14)10-11-2-4-15-10/h2,4,8,13H,1,3,5-7H2/t8-/m1/s1. The van der Waals surface area contributed by atoms with Crippen LogP contribution in [0.3, 0.4) is 0 Å². The van der Waals surface area contributed by atoms with Gasteiger partial charge in [-0.3, -0.25) is 9.69 Å². The number of nitrogens with zero attached hydrogens (tertiary/aromatic N) is 2. The van der Waals surface area contributed by atoms with Crippen molar-refractivity contribution in [3.8, 4) is 0 Å². The summed E-state index contributed by atoms with van der Waals surface area (Å²) in [5, 5.41) is 11.4. The second kappa shape index (κ2) is 4.83. The average Bonchev–Trinajstić information content (AvgIpc) is 2.87. The number of Topliss-reactive ketones (excluding diaryl/α,β-unsaturated/α-hetero) is 1. The molecule has 2 rings (SSSR count). The molecule has 1 atom stereocenters. The maximum Gasteiger partial charge on any atom is 0.205 e. The Kier molecular flexibility index (Phi) is 3.45. The number of hydrogen-bond donors (Lipinski definition) is 1. The number of ketones is 1. The number of hydrogen-bond acceptors (Lipinski definition) is 5. The van der Waals surface area contributed by atoms with Gasteiger partial charge in [-0.15, -0.1) is 11.3 Å². The van der Waals surface area contributed by atoms with Crippen LogP contribution in [0.5, 0.6) is 0 Å². The number of thiazole rings is 1. The molecular weight excluding hydrogens is 212 g/mol. The molecule has 1 aromatic heterocycles. The summed E-state index contributed by atoms with van der Waals surface area (Å²) in [5.74, 6) is 0.428. The lowest BCUT2D eigenvalue weighted by Crippen LogP contribution is -2.28. The average molecular weight is 226 g/mol. The second-order valence-corrected chi connectivity index (χ2v) is 4.73. The Bertz CT molecular complexity index is 326. The van der Waals surface area contributed by atoms with E-state index in [-0.39, 0.29) is 12.4 Å². The third-order valence-corrected chi connectivity index (χ3v) is 3.48. The molecule has 0 saturated carbocycles. The third-order valence-electron chi connectivity index (χ3n) is 2.67. The van der Waals surface area contributed by atoms with Crippen LogP contribution in [0.15, 0.2) is 11.6 Å². The van der Waals surface area contributed by atoms with Gasteiger partial charge in [0, 0.05) is 24.7 Å². The molecule has 0 bridgehead atoms. The van der Waals surface area contributed by atoms with Crippen molar-refractivity contribution in [2.75, 3.05) is 26.2 Å². The maximum atomic E-state index is 11.7. The molecule has 1 fully saturated rings. The smallest absolute Gasteiger partial charge is 0.205 e. The molecule has 1 aliphatic rings. The summed E-state index contributed by atoms with van der Waals surface area (Å²) in [6.45, 7) is 2.39. The summed E-state index contributed by atoms with van der Waals surface area (Å²) in [7, 11) is 0. The van der Waals surface area contributed by atoms with E-state index in [2.05, 4.69) is 9.88 Å². The van der Waals surface area contributed by atoms with Gasteiger partial charge >= 0.3 is 0 Å². The minimum atomic E-state index is 0.0867. The number of rotatable bonds is 4. The fraction of sp³-hybridized carbons (Fsp3) is 0.600. The van der Waals surface area contributed by atoms with Gasteiger partial charge < -0.3 is 5.11 Å². The van der Waals surface area contributed by atoms with Crippen LogP contribution in [0.25, 0.3) is 0 Å². The molecule has 2 heterocycles. The Balaban J connectivity index is 1.86.